The first-order valence-corrected chi connectivity index (χ1v) is 5.03. The lowest BCUT2D eigenvalue weighted by Gasteiger charge is -2.23. The van der Waals surface area contributed by atoms with Gasteiger partial charge in [0.2, 0.25) is 0 Å². The number of benzene rings is 1. The van der Waals surface area contributed by atoms with Crippen molar-refractivity contribution in [2.24, 2.45) is 5.73 Å². The largest absolute Gasteiger partial charge is 0.497 e. The van der Waals surface area contributed by atoms with E-state index in [4.69, 9.17) is 20.3 Å². The summed E-state index contributed by atoms with van der Waals surface area (Å²) in [4.78, 5) is 0. The van der Waals surface area contributed by atoms with E-state index in [0.29, 0.717) is 5.75 Å². The number of nitrogens with two attached hydrogens (primary N) is 1. The van der Waals surface area contributed by atoms with Crippen LogP contribution in [-0.2, 0) is 0 Å². The number of hydrogen-bond acceptors (Lipinski definition) is 4. The Kier molecular flexibility index (Phi) is 4.42. The zero-order chi connectivity index (χ0) is 13.9. The van der Waals surface area contributed by atoms with E-state index < -0.39 is 18.3 Å². The van der Waals surface area contributed by atoms with Crippen LogP contribution in [0, 0.1) is 0 Å². The normalized spacial score (nSPS) is 15.1. The average molecular weight is 265 g/mol. The van der Waals surface area contributed by atoms with Crippen LogP contribution >= 0.6 is 0 Å². The lowest BCUT2D eigenvalue weighted by molar-refractivity contribution is -0.210. The van der Waals surface area contributed by atoms with Gasteiger partial charge in [0.15, 0.2) is 6.10 Å². The first kappa shape index (κ1) is 14.6. The summed E-state index contributed by atoms with van der Waals surface area (Å²) >= 11 is 0. The molecule has 1 aromatic rings. The van der Waals surface area contributed by atoms with Gasteiger partial charge in [0.1, 0.15) is 11.5 Å². The molecule has 0 amide bonds. The van der Waals surface area contributed by atoms with Crippen LogP contribution in [0.1, 0.15) is 11.6 Å². The lowest BCUT2D eigenvalue weighted by Crippen LogP contribution is -2.39. The fourth-order valence-corrected chi connectivity index (χ4v) is 1.47. The molecule has 3 N–H and O–H groups in total. The molecule has 0 radical (unpaired) electrons. The van der Waals surface area contributed by atoms with Crippen molar-refractivity contribution in [1.29, 1.82) is 0 Å². The fourth-order valence-electron chi connectivity index (χ4n) is 1.47. The van der Waals surface area contributed by atoms with Crippen LogP contribution in [0.5, 0.6) is 11.5 Å². The summed E-state index contributed by atoms with van der Waals surface area (Å²) in [5.74, 6) is 0.550. The number of halogens is 3. The van der Waals surface area contributed by atoms with E-state index in [1.807, 2.05) is 0 Å². The molecule has 7 heteroatoms. The maximum atomic E-state index is 12.4. The predicted octanol–water partition coefficient (Wildman–Crippen LogP) is 1.63. The van der Waals surface area contributed by atoms with E-state index in [9.17, 15) is 13.2 Å². The Bertz CT molecular complexity index is 409. The predicted molar refractivity (Wildman–Crippen MR) is 58.5 cm³/mol. The number of hydrogen-bond donors (Lipinski definition) is 2. The third kappa shape index (κ3) is 3.05. The van der Waals surface area contributed by atoms with Crippen LogP contribution in [0.4, 0.5) is 13.2 Å². The van der Waals surface area contributed by atoms with Crippen molar-refractivity contribution >= 4 is 0 Å². The van der Waals surface area contributed by atoms with Crippen LogP contribution in [0.25, 0.3) is 0 Å². The Hall–Kier alpha value is -1.47. The first-order chi connectivity index (χ1) is 8.31. The van der Waals surface area contributed by atoms with Crippen LogP contribution in [-0.4, -0.2) is 31.6 Å². The Labute approximate surface area is 102 Å². The maximum Gasteiger partial charge on any atom is 0.416 e. The van der Waals surface area contributed by atoms with E-state index in [1.165, 1.54) is 32.4 Å². The molecule has 2 atom stereocenters. The van der Waals surface area contributed by atoms with E-state index in [-0.39, 0.29) is 11.3 Å². The summed E-state index contributed by atoms with van der Waals surface area (Å²) in [7, 11) is 2.71. The monoisotopic (exact) mass is 265 g/mol. The van der Waals surface area contributed by atoms with Gasteiger partial charge >= 0.3 is 6.18 Å². The quantitative estimate of drug-likeness (QED) is 0.868. The molecule has 0 bridgehead atoms. The van der Waals surface area contributed by atoms with Crippen LogP contribution in [0.3, 0.4) is 0 Å². The summed E-state index contributed by atoms with van der Waals surface area (Å²) in [6.45, 7) is 0. The summed E-state index contributed by atoms with van der Waals surface area (Å²) < 4.78 is 47.0. The standard InChI is InChI=1S/C11H14F3NO3/c1-17-6-3-4-7(8(5-6)18-2)9(15)10(16)11(12,13)14/h3-5,9-10,16H,15H2,1-2H3/t9-,10-/m1/s1. The molecular formula is C11H14F3NO3. The molecule has 0 aromatic heterocycles. The van der Waals surface area contributed by atoms with Gasteiger partial charge in [-0.2, -0.15) is 13.2 Å². The Balaban J connectivity index is 3.09. The van der Waals surface area contributed by atoms with Gasteiger partial charge in [-0.3, -0.25) is 0 Å². The smallest absolute Gasteiger partial charge is 0.416 e. The van der Waals surface area contributed by atoms with Crippen molar-refractivity contribution in [3.8, 4) is 11.5 Å². The molecule has 18 heavy (non-hydrogen) atoms. The molecule has 0 fully saturated rings. The van der Waals surface area contributed by atoms with Gasteiger partial charge in [-0.15, -0.1) is 0 Å². The molecule has 0 saturated heterocycles. The second-order valence-corrected chi connectivity index (χ2v) is 3.62. The number of alkyl halides is 3. The van der Waals surface area contributed by atoms with E-state index in [0.717, 1.165) is 0 Å². The minimum atomic E-state index is -4.79. The van der Waals surface area contributed by atoms with Gasteiger partial charge in [0.25, 0.3) is 0 Å². The minimum Gasteiger partial charge on any atom is -0.497 e. The van der Waals surface area contributed by atoms with Crippen molar-refractivity contribution in [1.82, 2.24) is 0 Å². The van der Waals surface area contributed by atoms with Crippen molar-refractivity contribution in [2.45, 2.75) is 18.3 Å². The number of ether oxygens (including phenoxy) is 2. The molecule has 1 rings (SSSR count). The molecule has 102 valence electrons. The van der Waals surface area contributed by atoms with Gasteiger partial charge in [-0.05, 0) is 12.1 Å². The van der Waals surface area contributed by atoms with Gasteiger partial charge in [0, 0.05) is 11.6 Å². The van der Waals surface area contributed by atoms with E-state index in [1.54, 1.807) is 0 Å². The summed E-state index contributed by atoms with van der Waals surface area (Å²) in [6.07, 6.45) is -7.44. The highest BCUT2D eigenvalue weighted by Crippen LogP contribution is 2.34. The third-order valence-electron chi connectivity index (χ3n) is 2.48. The second kappa shape index (κ2) is 5.45. The molecule has 0 saturated carbocycles. The third-order valence-corrected chi connectivity index (χ3v) is 2.48. The zero-order valence-electron chi connectivity index (χ0n) is 9.86. The van der Waals surface area contributed by atoms with Crippen molar-refractivity contribution in [3.05, 3.63) is 23.8 Å². The molecule has 4 nitrogen and oxygen atoms in total. The van der Waals surface area contributed by atoms with Gasteiger partial charge in [0.05, 0.1) is 20.3 Å². The van der Waals surface area contributed by atoms with Gasteiger partial charge in [-0.25, -0.2) is 0 Å². The topological polar surface area (TPSA) is 64.7 Å². The highest BCUT2D eigenvalue weighted by atomic mass is 19.4. The number of methoxy groups -OCH3 is 2. The highest BCUT2D eigenvalue weighted by Gasteiger charge is 2.43. The Morgan fingerprint density at radius 3 is 2.28 bits per heavy atom. The molecule has 1 aromatic carbocycles. The maximum absolute atomic E-state index is 12.4. The summed E-state index contributed by atoms with van der Waals surface area (Å²) in [5, 5.41) is 9.12. The molecule has 0 heterocycles. The van der Waals surface area contributed by atoms with Crippen molar-refractivity contribution < 1.29 is 27.8 Å². The van der Waals surface area contributed by atoms with Crippen molar-refractivity contribution in [2.75, 3.05) is 14.2 Å². The van der Waals surface area contributed by atoms with Crippen LogP contribution in [0.2, 0.25) is 0 Å². The van der Waals surface area contributed by atoms with Crippen LogP contribution in [0.15, 0.2) is 18.2 Å². The fraction of sp³-hybridized carbons (Fsp3) is 0.455. The Morgan fingerprint density at radius 1 is 1.22 bits per heavy atom. The number of aliphatic hydroxyl groups excluding tert-OH is 1. The van der Waals surface area contributed by atoms with E-state index >= 15 is 0 Å². The number of rotatable bonds is 4. The molecule has 0 aliphatic carbocycles. The zero-order valence-corrected chi connectivity index (χ0v) is 9.86. The second-order valence-electron chi connectivity index (χ2n) is 3.62. The molecule has 0 spiro atoms. The number of aliphatic hydroxyl groups is 1. The average Bonchev–Trinajstić information content (AvgIpc) is 2.35. The molecule has 0 aliphatic rings. The highest BCUT2D eigenvalue weighted by molar-refractivity contribution is 5.42. The Morgan fingerprint density at radius 2 is 1.83 bits per heavy atom. The summed E-state index contributed by atoms with van der Waals surface area (Å²) in [6, 6.07) is 2.56. The van der Waals surface area contributed by atoms with Gasteiger partial charge in [-0.1, -0.05) is 0 Å². The van der Waals surface area contributed by atoms with Crippen LogP contribution < -0.4 is 15.2 Å². The first-order valence-electron chi connectivity index (χ1n) is 5.03. The summed E-state index contributed by atoms with van der Waals surface area (Å²) in [5.41, 5.74) is 5.46. The van der Waals surface area contributed by atoms with Gasteiger partial charge < -0.3 is 20.3 Å². The van der Waals surface area contributed by atoms with Crippen molar-refractivity contribution in [3.63, 3.8) is 0 Å². The van der Waals surface area contributed by atoms with E-state index in [2.05, 4.69) is 0 Å². The molecule has 0 aliphatic heterocycles. The molecular weight excluding hydrogens is 251 g/mol. The molecule has 0 unspecified atom stereocenters. The lowest BCUT2D eigenvalue weighted by atomic mass is 10.0. The minimum absolute atomic E-state index is 0.0584. The SMILES string of the molecule is COc1ccc([C@@H](N)[C@@H](O)C(F)(F)F)c(OC)c1.